The average molecular weight is 638 g/mol. The minimum atomic E-state index is -0.299. The number of pyridine rings is 1. The Morgan fingerprint density at radius 1 is 0.783 bits per heavy atom. The number of hydrogen-bond donors (Lipinski definition) is 2. The minimum absolute atomic E-state index is 0.112. The van der Waals surface area contributed by atoms with E-state index >= 15 is 0 Å². The Morgan fingerprint density at radius 2 is 1.54 bits per heavy atom. The maximum absolute atomic E-state index is 6.32. The van der Waals surface area contributed by atoms with Gasteiger partial charge in [-0.2, -0.15) is 4.98 Å². The number of benzene rings is 3. The number of rotatable bonds is 11. The molecule has 0 aliphatic heterocycles. The molecule has 0 bridgehead atoms. The molecule has 10 nitrogen and oxygen atoms in total. The monoisotopic (exact) mass is 637 g/mol. The van der Waals surface area contributed by atoms with Crippen molar-refractivity contribution in [1.82, 2.24) is 25.3 Å². The zero-order valence-electron chi connectivity index (χ0n) is 26.7. The van der Waals surface area contributed by atoms with Crippen molar-refractivity contribution in [2.45, 2.75) is 39.7 Å². The van der Waals surface area contributed by atoms with Crippen molar-refractivity contribution in [3.05, 3.63) is 77.8 Å². The Morgan fingerprint density at radius 3 is 2.26 bits per heavy atom. The lowest BCUT2D eigenvalue weighted by Gasteiger charge is -2.36. The molecular weight excluding hydrogens is 602 g/mol. The summed E-state index contributed by atoms with van der Waals surface area (Å²) in [6, 6.07) is 22.9. The van der Waals surface area contributed by atoms with Crippen LogP contribution in [-0.2, 0) is 0 Å². The van der Waals surface area contributed by atoms with Crippen molar-refractivity contribution < 1.29 is 14.0 Å². The van der Waals surface area contributed by atoms with E-state index < -0.39 is 0 Å². The summed E-state index contributed by atoms with van der Waals surface area (Å²) >= 11 is 6.32. The number of anilines is 2. The minimum Gasteiger partial charge on any atom is -0.497 e. The summed E-state index contributed by atoms with van der Waals surface area (Å²) in [6.07, 6.45) is 0.835. The second-order valence-electron chi connectivity index (χ2n) is 12.7. The van der Waals surface area contributed by atoms with Crippen LogP contribution in [-0.4, -0.2) is 51.6 Å². The topological polar surface area (TPSA) is 120 Å². The summed E-state index contributed by atoms with van der Waals surface area (Å²) in [5, 5.41) is 22.8. The van der Waals surface area contributed by atoms with Crippen molar-refractivity contribution in [2.24, 2.45) is 5.41 Å². The maximum atomic E-state index is 6.32. The summed E-state index contributed by atoms with van der Waals surface area (Å²) in [6.45, 7) is 9.53. The molecule has 3 aromatic carbocycles. The average Bonchev–Trinajstić information content (AvgIpc) is 3.53. The van der Waals surface area contributed by atoms with Gasteiger partial charge in [0.15, 0.2) is 5.69 Å². The Balaban J connectivity index is 1.14. The largest absolute Gasteiger partial charge is 0.497 e. The maximum Gasteiger partial charge on any atom is 0.278 e. The van der Waals surface area contributed by atoms with Crippen LogP contribution in [0.25, 0.3) is 44.8 Å². The molecule has 11 heteroatoms. The number of nitrogens with zero attached hydrogens (tertiary/aromatic N) is 5. The molecule has 0 saturated carbocycles. The molecule has 3 heterocycles. The van der Waals surface area contributed by atoms with E-state index in [0.29, 0.717) is 34.8 Å². The lowest BCUT2D eigenvalue weighted by molar-refractivity contribution is 0.289. The Bertz CT molecular complexity index is 1990. The fourth-order valence-electron chi connectivity index (χ4n) is 5.89. The molecule has 0 aliphatic rings. The van der Waals surface area contributed by atoms with Gasteiger partial charge in [-0.1, -0.05) is 30.6 Å². The first-order valence-corrected chi connectivity index (χ1v) is 15.3. The first kappa shape index (κ1) is 31.0. The van der Waals surface area contributed by atoms with Crippen LogP contribution in [0.4, 0.5) is 11.5 Å². The fraction of sp³-hybridized carbons (Fsp3) is 0.286. The number of fused-ring (bicyclic) bond motifs is 2. The zero-order chi connectivity index (χ0) is 32.5. The van der Waals surface area contributed by atoms with E-state index in [1.54, 1.807) is 14.2 Å². The lowest BCUT2D eigenvalue weighted by Crippen LogP contribution is -2.39. The van der Waals surface area contributed by atoms with Crippen molar-refractivity contribution in [3.63, 3.8) is 0 Å². The van der Waals surface area contributed by atoms with Crippen LogP contribution in [0.15, 0.2) is 77.3 Å². The smallest absolute Gasteiger partial charge is 0.278 e. The number of hydrogen-bond acceptors (Lipinski definition) is 10. The molecule has 0 radical (unpaired) electrons. The molecule has 2 N–H and O–H groups in total. The predicted molar refractivity (Wildman–Crippen MR) is 183 cm³/mol. The van der Waals surface area contributed by atoms with E-state index in [0.717, 1.165) is 51.0 Å². The second kappa shape index (κ2) is 12.4. The van der Waals surface area contributed by atoms with Gasteiger partial charge in [0.1, 0.15) is 17.3 Å². The summed E-state index contributed by atoms with van der Waals surface area (Å²) < 4.78 is 16.2. The van der Waals surface area contributed by atoms with Gasteiger partial charge in [-0.05, 0) is 98.5 Å². The molecule has 0 atom stereocenters. The van der Waals surface area contributed by atoms with Crippen LogP contribution < -0.4 is 20.1 Å². The summed E-state index contributed by atoms with van der Waals surface area (Å²) in [7, 11) is 3.30. The van der Waals surface area contributed by atoms with Gasteiger partial charge in [0.05, 0.1) is 30.9 Å². The Labute approximate surface area is 272 Å². The first-order valence-electron chi connectivity index (χ1n) is 14.9. The molecule has 0 fully saturated rings. The van der Waals surface area contributed by atoms with Crippen molar-refractivity contribution >= 4 is 44.9 Å². The quantitative estimate of drug-likeness (QED) is 0.134. The van der Waals surface area contributed by atoms with Gasteiger partial charge in [0.2, 0.25) is 5.82 Å². The molecule has 0 saturated heterocycles. The lowest BCUT2D eigenvalue weighted by atomic mass is 9.80. The molecule has 6 aromatic rings. The third-order valence-electron chi connectivity index (χ3n) is 7.73. The molecule has 0 unspecified atom stereocenters. The van der Waals surface area contributed by atoms with Crippen molar-refractivity contribution in [3.8, 4) is 34.5 Å². The Hall–Kier alpha value is -4.96. The fourth-order valence-corrected chi connectivity index (χ4v) is 6.06. The SMILES string of the molecule is COc1ccc(-c2noc(-c3ccc(NC(C)(C)CC(C)(C)CNc4c5ccc(Cl)cc5nc5ccc(OC)cc45)nn3)n2)cc1. The van der Waals surface area contributed by atoms with Crippen molar-refractivity contribution in [1.29, 1.82) is 0 Å². The van der Waals surface area contributed by atoms with E-state index in [9.17, 15) is 0 Å². The Kier molecular flexibility index (Phi) is 8.39. The number of aromatic nitrogens is 5. The van der Waals surface area contributed by atoms with Gasteiger partial charge in [0, 0.05) is 33.4 Å². The predicted octanol–water partition coefficient (Wildman–Crippen LogP) is 8.28. The third kappa shape index (κ3) is 6.82. The van der Waals surface area contributed by atoms with E-state index in [4.69, 9.17) is 30.6 Å². The van der Waals surface area contributed by atoms with Gasteiger partial charge >= 0.3 is 0 Å². The highest BCUT2D eigenvalue weighted by atomic mass is 35.5. The van der Waals surface area contributed by atoms with Gasteiger partial charge in [-0.15, -0.1) is 10.2 Å². The van der Waals surface area contributed by atoms with Crippen LogP contribution in [0, 0.1) is 5.41 Å². The molecule has 0 aliphatic carbocycles. The van der Waals surface area contributed by atoms with Crippen LogP contribution >= 0.6 is 11.6 Å². The van der Waals surface area contributed by atoms with Crippen LogP contribution in [0.2, 0.25) is 5.02 Å². The second-order valence-corrected chi connectivity index (χ2v) is 13.1. The van der Waals surface area contributed by atoms with E-state index in [1.807, 2.05) is 72.8 Å². The number of ether oxygens (including phenoxy) is 2. The van der Waals surface area contributed by atoms with Crippen molar-refractivity contribution in [2.75, 3.05) is 31.4 Å². The summed E-state index contributed by atoms with van der Waals surface area (Å²) in [5.41, 5.74) is 3.62. The normalized spacial score (nSPS) is 12.0. The van der Waals surface area contributed by atoms with Crippen LogP contribution in [0.5, 0.6) is 11.5 Å². The van der Waals surface area contributed by atoms with Gasteiger partial charge < -0.3 is 24.6 Å². The van der Waals surface area contributed by atoms with Crippen LogP contribution in [0.1, 0.15) is 34.1 Å². The highest BCUT2D eigenvalue weighted by Gasteiger charge is 2.30. The molecular formula is C35H36ClN7O3. The molecule has 236 valence electrons. The number of nitrogens with one attached hydrogen (secondary N) is 2. The number of methoxy groups -OCH3 is 2. The molecule has 0 spiro atoms. The third-order valence-corrected chi connectivity index (χ3v) is 7.97. The van der Waals surface area contributed by atoms with Gasteiger partial charge in [-0.3, -0.25) is 0 Å². The molecule has 0 amide bonds. The highest BCUT2D eigenvalue weighted by molar-refractivity contribution is 6.31. The summed E-state index contributed by atoms with van der Waals surface area (Å²) in [5.74, 6) is 2.95. The van der Waals surface area contributed by atoms with Gasteiger partial charge in [-0.25, -0.2) is 4.98 Å². The molecule has 46 heavy (non-hydrogen) atoms. The van der Waals surface area contributed by atoms with E-state index in [2.05, 4.69) is 58.7 Å². The van der Waals surface area contributed by atoms with Gasteiger partial charge in [0.25, 0.3) is 5.89 Å². The summed E-state index contributed by atoms with van der Waals surface area (Å²) in [4.78, 5) is 9.34. The standard InChI is InChI=1S/C35H36ClN7O3/c1-34(2,20-37-31-25-13-9-22(36)17-29(25)38-27-14-12-24(45-6)18-26(27)31)19-35(3,4)40-30-16-15-28(41-42-30)33-39-32(43-46-33)21-7-10-23(44-5)11-8-21/h7-18H,19-20H2,1-6H3,(H,37,38)(H,40,42). The number of halogens is 1. The zero-order valence-corrected chi connectivity index (χ0v) is 27.4. The first-order chi connectivity index (χ1) is 22.0. The van der Waals surface area contributed by atoms with Crippen LogP contribution in [0.3, 0.4) is 0 Å². The van der Waals surface area contributed by atoms with E-state index in [1.165, 1.54) is 0 Å². The molecule has 6 rings (SSSR count). The highest BCUT2D eigenvalue weighted by Crippen LogP contribution is 2.37. The molecule has 3 aromatic heterocycles. The van der Waals surface area contributed by atoms with E-state index in [-0.39, 0.29) is 11.0 Å².